The third-order valence-electron chi connectivity index (χ3n) is 2.44. The van der Waals surface area contributed by atoms with Gasteiger partial charge in [-0.3, -0.25) is 9.89 Å². The second-order valence-electron chi connectivity index (χ2n) is 4.29. The van der Waals surface area contributed by atoms with E-state index in [0.717, 1.165) is 18.8 Å². The zero-order chi connectivity index (χ0) is 12.8. The number of aromatic nitrogens is 3. The van der Waals surface area contributed by atoms with E-state index < -0.39 is 0 Å². The highest BCUT2D eigenvalue weighted by molar-refractivity contribution is 7.71. The number of hydrogen-bond acceptors (Lipinski definition) is 3. The number of nitrogens with zero attached hydrogens (tertiary/aromatic N) is 2. The molecule has 0 bridgehead atoms. The average Bonchev–Trinajstić information content (AvgIpc) is 2.65. The molecule has 17 heavy (non-hydrogen) atoms. The SMILES string of the molecule is CCCNC(=O)CCn1c(C(C)C)n[nH]c1=S. The highest BCUT2D eigenvalue weighted by atomic mass is 32.1. The van der Waals surface area contributed by atoms with Crippen LogP contribution >= 0.6 is 12.2 Å². The summed E-state index contributed by atoms with van der Waals surface area (Å²) in [4.78, 5) is 11.5. The van der Waals surface area contributed by atoms with E-state index in [-0.39, 0.29) is 5.91 Å². The molecule has 0 spiro atoms. The lowest BCUT2D eigenvalue weighted by Gasteiger charge is -2.09. The molecule has 0 saturated carbocycles. The summed E-state index contributed by atoms with van der Waals surface area (Å²) in [5.74, 6) is 1.25. The van der Waals surface area contributed by atoms with Crippen molar-refractivity contribution in [3.05, 3.63) is 10.6 Å². The largest absolute Gasteiger partial charge is 0.356 e. The number of rotatable bonds is 6. The molecule has 2 N–H and O–H groups in total. The summed E-state index contributed by atoms with van der Waals surface area (Å²) in [6.07, 6.45) is 1.39. The number of hydrogen-bond donors (Lipinski definition) is 2. The number of amides is 1. The molecule has 1 rings (SSSR count). The van der Waals surface area contributed by atoms with Gasteiger partial charge in [-0.05, 0) is 18.6 Å². The molecule has 0 aliphatic carbocycles. The third kappa shape index (κ3) is 3.96. The van der Waals surface area contributed by atoms with Gasteiger partial charge in [0.2, 0.25) is 5.91 Å². The Kier molecular flexibility index (Phi) is 5.34. The van der Waals surface area contributed by atoms with Gasteiger partial charge in [-0.25, -0.2) is 0 Å². The Labute approximate surface area is 107 Å². The van der Waals surface area contributed by atoms with Gasteiger partial charge in [0.15, 0.2) is 4.77 Å². The van der Waals surface area contributed by atoms with Crippen LogP contribution < -0.4 is 5.32 Å². The van der Waals surface area contributed by atoms with E-state index in [0.29, 0.717) is 23.7 Å². The van der Waals surface area contributed by atoms with Crippen molar-refractivity contribution in [2.75, 3.05) is 6.54 Å². The number of carbonyl (C=O) groups excluding carboxylic acids is 1. The molecule has 0 unspecified atom stereocenters. The standard InChI is InChI=1S/C11H20N4OS/c1-4-6-12-9(16)5-7-15-10(8(2)3)13-14-11(15)17/h8H,4-7H2,1-3H3,(H,12,16)(H,14,17). The number of nitrogens with one attached hydrogen (secondary N) is 2. The van der Waals surface area contributed by atoms with Crippen LogP contribution in [0, 0.1) is 4.77 Å². The fourth-order valence-corrected chi connectivity index (χ4v) is 1.78. The van der Waals surface area contributed by atoms with Crippen LogP contribution in [0.5, 0.6) is 0 Å². The van der Waals surface area contributed by atoms with Gasteiger partial charge in [0.05, 0.1) is 0 Å². The fourth-order valence-electron chi connectivity index (χ4n) is 1.55. The van der Waals surface area contributed by atoms with Crippen LogP contribution in [0.3, 0.4) is 0 Å². The molecule has 0 aromatic carbocycles. The van der Waals surface area contributed by atoms with Crippen molar-refractivity contribution in [1.82, 2.24) is 20.1 Å². The van der Waals surface area contributed by atoms with Crippen LogP contribution in [0.25, 0.3) is 0 Å². The molecule has 1 aromatic rings. The molecule has 6 heteroatoms. The maximum Gasteiger partial charge on any atom is 0.221 e. The second kappa shape index (κ2) is 6.54. The van der Waals surface area contributed by atoms with Gasteiger partial charge in [-0.15, -0.1) is 0 Å². The summed E-state index contributed by atoms with van der Waals surface area (Å²) in [5, 5.41) is 9.78. The normalized spacial score (nSPS) is 10.8. The summed E-state index contributed by atoms with van der Waals surface area (Å²) in [7, 11) is 0. The van der Waals surface area contributed by atoms with Crippen LogP contribution in [0.4, 0.5) is 0 Å². The van der Waals surface area contributed by atoms with E-state index in [2.05, 4.69) is 29.4 Å². The van der Waals surface area contributed by atoms with Crippen LogP contribution in [0.15, 0.2) is 0 Å². The first-order valence-corrected chi connectivity index (χ1v) is 6.38. The lowest BCUT2D eigenvalue weighted by molar-refractivity contribution is -0.121. The Morgan fingerprint density at radius 1 is 1.59 bits per heavy atom. The van der Waals surface area contributed by atoms with Crippen molar-refractivity contribution in [3.63, 3.8) is 0 Å². The number of H-pyrrole nitrogens is 1. The van der Waals surface area contributed by atoms with Crippen molar-refractivity contribution in [2.24, 2.45) is 0 Å². The van der Waals surface area contributed by atoms with Crippen LogP contribution in [0.2, 0.25) is 0 Å². The minimum Gasteiger partial charge on any atom is -0.356 e. The molecule has 0 saturated heterocycles. The lowest BCUT2D eigenvalue weighted by atomic mass is 10.2. The van der Waals surface area contributed by atoms with Gasteiger partial charge in [0.1, 0.15) is 5.82 Å². The quantitative estimate of drug-likeness (QED) is 0.765. The molecule has 0 fully saturated rings. The predicted molar refractivity (Wildman–Crippen MR) is 69.4 cm³/mol. The molecule has 1 aromatic heterocycles. The zero-order valence-corrected chi connectivity index (χ0v) is 11.4. The van der Waals surface area contributed by atoms with Gasteiger partial charge in [-0.1, -0.05) is 20.8 Å². The Morgan fingerprint density at radius 2 is 2.29 bits per heavy atom. The topological polar surface area (TPSA) is 62.7 Å². The molecule has 0 atom stereocenters. The predicted octanol–water partition coefficient (Wildman–Crippen LogP) is 1.98. The van der Waals surface area contributed by atoms with Gasteiger partial charge in [-0.2, -0.15) is 5.10 Å². The molecular formula is C11H20N4OS. The van der Waals surface area contributed by atoms with E-state index in [1.807, 2.05) is 11.5 Å². The van der Waals surface area contributed by atoms with E-state index in [4.69, 9.17) is 12.2 Å². The van der Waals surface area contributed by atoms with Crippen LogP contribution in [-0.4, -0.2) is 27.2 Å². The summed E-state index contributed by atoms with van der Waals surface area (Å²) in [5.41, 5.74) is 0. The molecule has 96 valence electrons. The first-order chi connectivity index (χ1) is 8.06. The van der Waals surface area contributed by atoms with Crippen LogP contribution in [-0.2, 0) is 11.3 Å². The Hall–Kier alpha value is -1.17. The number of carbonyl (C=O) groups is 1. The Morgan fingerprint density at radius 3 is 2.88 bits per heavy atom. The van der Waals surface area contributed by atoms with Gasteiger partial charge >= 0.3 is 0 Å². The van der Waals surface area contributed by atoms with Crippen molar-refractivity contribution in [3.8, 4) is 0 Å². The van der Waals surface area contributed by atoms with Crippen molar-refractivity contribution in [2.45, 2.75) is 46.1 Å². The number of aromatic amines is 1. The van der Waals surface area contributed by atoms with Gasteiger partial charge in [0, 0.05) is 25.4 Å². The molecule has 1 heterocycles. The molecule has 1 amide bonds. The Balaban J connectivity index is 2.60. The summed E-state index contributed by atoms with van der Waals surface area (Å²) >= 11 is 5.14. The highest BCUT2D eigenvalue weighted by Gasteiger charge is 2.11. The fraction of sp³-hybridized carbons (Fsp3) is 0.727. The molecule has 0 aliphatic rings. The molecule has 5 nitrogen and oxygen atoms in total. The van der Waals surface area contributed by atoms with E-state index >= 15 is 0 Å². The van der Waals surface area contributed by atoms with Gasteiger partial charge in [0.25, 0.3) is 0 Å². The molecular weight excluding hydrogens is 236 g/mol. The smallest absolute Gasteiger partial charge is 0.221 e. The minimum atomic E-state index is 0.0599. The zero-order valence-electron chi connectivity index (χ0n) is 10.6. The molecule has 0 aliphatic heterocycles. The Bertz CT molecular complexity index is 421. The van der Waals surface area contributed by atoms with Crippen molar-refractivity contribution in [1.29, 1.82) is 0 Å². The maximum atomic E-state index is 11.5. The monoisotopic (exact) mass is 256 g/mol. The first-order valence-electron chi connectivity index (χ1n) is 5.98. The minimum absolute atomic E-state index is 0.0599. The average molecular weight is 256 g/mol. The first kappa shape index (κ1) is 13.9. The van der Waals surface area contributed by atoms with E-state index in [1.165, 1.54) is 0 Å². The highest BCUT2D eigenvalue weighted by Crippen LogP contribution is 2.11. The van der Waals surface area contributed by atoms with E-state index in [9.17, 15) is 4.79 Å². The summed E-state index contributed by atoms with van der Waals surface area (Å²) in [6, 6.07) is 0. The third-order valence-corrected chi connectivity index (χ3v) is 2.75. The van der Waals surface area contributed by atoms with E-state index in [1.54, 1.807) is 0 Å². The lowest BCUT2D eigenvalue weighted by Crippen LogP contribution is -2.25. The summed E-state index contributed by atoms with van der Waals surface area (Å²) in [6.45, 7) is 7.45. The van der Waals surface area contributed by atoms with Crippen molar-refractivity contribution < 1.29 is 4.79 Å². The van der Waals surface area contributed by atoms with Gasteiger partial charge < -0.3 is 9.88 Å². The van der Waals surface area contributed by atoms with Crippen LogP contribution in [0.1, 0.15) is 45.4 Å². The van der Waals surface area contributed by atoms with Crippen molar-refractivity contribution >= 4 is 18.1 Å². The maximum absolute atomic E-state index is 11.5. The molecule has 0 radical (unpaired) electrons. The summed E-state index contributed by atoms with van der Waals surface area (Å²) < 4.78 is 2.47. The second-order valence-corrected chi connectivity index (χ2v) is 4.68.